The number of ether oxygens (including phenoxy) is 3. The van der Waals surface area contributed by atoms with E-state index in [9.17, 15) is 5.26 Å². The lowest BCUT2D eigenvalue weighted by Gasteiger charge is -2.18. The highest BCUT2D eigenvalue weighted by Gasteiger charge is 2.21. The number of hydrogen-bond donors (Lipinski definition) is 0. The van der Waals surface area contributed by atoms with Crippen LogP contribution in [0.5, 0.6) is 17.2 Å². The molecule has 0 atom stereocenters. The van der Waals surface area contributed by atoms with Gasteiger partial charge in [0.15, 0.2) is 16.5 Å². The van der Waals surface area contributed by atoms with E-state index in [4.69, 9.17) is 19.2 Å². The van der Waals surface area contributed by atoms with Crippen LogP contribution < -0.4 is 14.2 Å². The van der Waals surface area contributed by atoms with Crippen molar-refractivity contribution in [2.75, 3.05) is 20.3 Å². The molecule has 1 aliphatic heterocycles. The molecule has 0 N–H and O–H groups in total. The standard InChI is InChI=1S/C23H19N3O3S/c1-14-11-15(3-5-19(14)27-2)18-13-30-23-25-22(17(7-8-24)26(18)23)16-4-6-20-21(12-16)29-10-9-28-20/h3-6,11-13H,7,9-10H2,1-2H3. The monoisotopic (exact) mass is 417 g/mol. The Morgan fingerprint density at radius 3 is 2.70 bits per heavy atom. The van der Waals surface area contributed by atoms with Crippen LogP contribution >= 0.6 is 11.3 Å². The van der Waals surface area contributed by atoms with Crippen LogP contribution in [0.2, 0.25) is 0 Å². The van der Waals surface area contributed by atoms with Gasteiger partial charge in [0.2, 0.25) is 0 Å². The molecule has 30 heavy (non-hydrogen) atoms. The van der Waals surface area contributed by atoms with E-state index in [1.807, 2.05) is 37.3 Å². The molecule has 0 bridgehead atoms. The predicted molar refractivity (Wildman–Crippen MR) is 116 cm³/mol. The lowest BCUT2D eigenvalue weighted by Crippen LogP contribution is -2.15. The molecule has 3 heterocycles. The lowest BCUT2D eigenvalue weighted by atomic mass is 10.1. The molecule has 0 saturated carbocycles. The van der Waals surface area contributed by atoms with E-state index in [2.05, 4.69) is 21.9 Å². The molecule has 4 aromatic rings. The van der Waals surface area contributed by atoms with Crippen molar-refractivity contribution in [3.05, 3.63) is 53.0 Å². The summed E-state index contributed by atoms with van der Waals surface area (Å²) in [5.74, 6) is 2.30. The molecule has 7 heteroatoms. The van der Waals surface area contributed by atoms with Gasteiger partial charge < -0.3 is 14.2 Å². The van der Waals surface area contributed by atoms with Crippen LogP contribution in [0.3, 0.4) is 0 Å². The molecular weight excluding hydrogens is 398 g/mol. The third-order valence-electron chi connectivity index (χ3n) is 5.21. The Bertz CT molecular complexity index is 1300. The van der Waals surface area contributed by atoms with Gasteiger partial charge in [-0.3, -0.25) is 4.40 Å². The Hall–Kier alpha value is -3.50. The summed E-state index contributed by atoms with van der Waals surface area (Å²) in [7, 11) is 1.67. The third kappa shape index (κ3) is 2.97. The van der Waals surface area contributed by atoms with Crippen LogP contribution in [0.15, 0.2) is 41.8 Å². The molecular formula is C23H19N3O3S. The van der Waals surface area contributed by atoms with Crippen LogP contribution in [-0.4, -0.2) is 29.7 Å². The maximum absolute atomic E-state index is 9.52. The zero-order valence-electron chi connectivity index (χ0n) is 16.6. The summed E-state index contributed by atoms with van der Waals surface area (Å²) in [6, 6.07) is 14.2. The molecule has 0 saturated heterocycles. The van der Waals surface area contributed by atoms with Crippen molar-refractivity contribution in [2.45, 2.75) is 13.3 Å². The van der Waals surface area contributed by atoms with Crippen molar-refractivity contribution >= 4 is 16.3 Å². The summed E-state index contributed by atoms with van der Waals surface area (Å²) in [4.78, 5) is 5.72. The topological polar surface area (TPSA) is 68.8 Å². The number of aromatic nitrogens is 2. The molecule has 0 aliphatic carbocycles. The zero-order valence-corrected chi connectivity index (χ0v) is 17.5. The number of fused-ring (bicyclic) bond motifs is 2. The number of benzene rings is 2. The van der Waals surface area contributed by atoms with E-state index in [1.54, 1.807) is 18.4 Å². The van der Waals surface area contributed by atoms with Crippen LogP contribution in [0.1, 0.15) is 11.3 Å². The molecule has 6 nitrogen and oxygen atoms in total. The SMILES string of the molecule is COc1ccc(-c2csc3nc(-c4ccc5c(c4)OCCO5)c(CC#N)n23)cc1C. The highest BCUT2D eigenvalue weighted by Crippen LogP contribution is 2.38. The summed E-state index contributed by atoms with van der Waals surface area (Å²) in [6.45, 7) is 3.11. The second-order valence-electron chi connectivity index (χ2n) is 7.02. The Labute approximate surface area is 177 Å². The quantitative estimate of drug-likeness (QED) is 0.473. The molecule has 0 amide bonds. The summed E-state index contributed by atoms with van der Waals surface area (Å²) >= 11 is 1.56. The number of imidazole rings is 1. The van der Waals surface area contributed by atoms with E-state index >= 15 is 0 Å². The lowest BCUT2D eigenvalue weighted by molar-refractivity contribution is 0.171. The molecule has 0 spiro atoms. The molecule has 0 radical (unpaired) electrons. The normalized spacial score (nSPS) is 12.7. The average Bonchev–Trinajstić information content (AvgIpc) is 3.34. The van der Waals surface area contributed by atoms with Crippen molar-refractivity contribution in [2.24, 2.45) is 0 Å². The number of hydrogen-bond acceptors (Lipinski definition) is 6. The number of aryl methyl sites for hydroxylation is 1. The van der Waals surface area contributed by atoms with Gasteiger partial charge >= 0.3 is 0 Å². The fraction of sp³-hybridized carbons (Fsp3) is 0.217. The molecule has 1 aliphatic rings. The Kier molecular flexibility index (Phi) is 4.57. The Morgan fingerprint density at radius 2 is 1.93 bits per heavy atom. The van der Waals surface area contributed by atoms with Crippen LogP contribution in [0, 0.1) is 18.3 Å². The zero-order chi connectivity index (χ0) is 20.7. The van der Waals surface area contributed by atoms with Crippen LogP contribution in [0.25, 0.3) is 27.5 Å². The van der Waals surface area contributed by atoms with Gasteiger partial charge in [-0.2, -0.15) is 5.26 Å². The molecule has 2 aromatic carbocycles. The average molecular weight is 417 g/mol. The van der Waals surface area contributed by atoms with E-state index in [0.29, 0.717) is 19.0 Å². The number of thiazole rings is 1. The first-order chi connectivity index (χ1) is 14.7. The number of nitrogens with zero attached hydrogens (tertiary/aromatic N) is 3. The summed E-state index contributed by atoms with van der Waals surface area (Å²) in [6.07, 6.45) is 0.254. The largest absolute Gasteiger partial charge is 0.496 e. The van der Waals surface area contributed by atoms with Gasteiger partial charge in [-0.1, -0.05) is 0 Å². The van der Waals surface area contributed by atoms with Gasteiger partial charge in [0.1, 0.15) is 19.0 Å². The number of nitriles is 1. The minimum Gasteiger partial charge on any atom is -0.496 e. The van der Waals surface area contributed by atoms with Crippen molar-refractivity contribution in [1.29, 1.82) is 5.26 Å². The Morgan fingerprint density at radius 1 is 1.13 bits per heavy atom. The highest BCUT2D eigenvalue weighted by molar-refractivity contribution is 7.15. The van der Waals surface area contributed by atoms with E-state index in [0.717, 1.165) is 50.2 Å². The first kappa shape index (κ1) is 18.5. The molecule has 150 valence electrons. The molecule has 2 aromatic heterocycles. The van der Waals surface area contributed by atoms with Gasteiger partial charge in [0.25, 0.3) is 0 Å². The first-order valence-electron chi connectivity index (χ1n) is 9.60. The first-order valence-corrected chi connectivity index (χ1v) is 10.5. The van der Waals surface area contributed by atoms with Gasteiger partial charge in [-0.05, 0) is 54.4 Å². The van der Waals surface area contributed by atoms with E-state index in [1.165, 1.54) is 0 Å². The highest BCUT2D eigenvalue weighted by atomic mass is 32.1. The van der Waals surface area contributed by atoms with E-state index in [-0.39, 0.29) is 6.42 Å². The second kappa shape index (κ2) is 7.39. The van der Waals surface area contributed by atoms with Crippen LogP contribution in [-0.2, 0) is 6.42 Å². The van der Waals surface area contributed by atoms with Crippen molar-refractivity contribution in [1.82, 2.24) is 9.38 Å². The maximum atomic E-state index is 9.52. The molecule has 0 fully saturated rings. The number of rotatable bonds is 4. The smallest absolute Gasteiger partial charge is 0.194 e. The van der Waals surface area contributed by atoms with Gasteiger partial charge in [0.05, 0.1) is 36.7 Å². The summed E-state index contributed by atoms with van der Waals surface area (Å²) in [5.41, 5.74) is 5.72. The summed E-state index contributed by atoms with van der Waals surface area (Å²) in [5, 5.41) is 11.6. The van der Waals surface area contributed by atoms with Gasteiger partial charge in [0, 0.05) is 10.9 Å². The van der Waals surface area contributed by atoms with Crippen LogP contribution in [0.4, 0.5) is 0 Å². The Balaban J connectivity index is 1.67. The maximum Gasteiger partial charge on any atom is 0.194 e. The van der Waals surface area contributed by atoms with Crippen molar-refractivity contribution in [3.63, 3.8) is 0 Å². The van der Waals surface area contributed by atoms with E-state index < -0.39 is 0 Å². The third-order valence-corrected chi connectivity index (χ3v) is 6.04. The fourth-order valence-corrected chi connectivity index (χ4v) is 4.73. The summed E-state index contributed by atoms with van der Waals surface area (Å²) < 4.78 is 18.8. The van der Waals surface area contributed by atoms with Crippen molar-refractivity contribution in [3.8, 4) is 45.8 Å². The molecule has 0 unspecified atom stereocenters. The predicted octanol–water partition coefficient (Wildman–Crippen LogP) is 4.88. The number of methoxy groups -OCH3 is 1. The molecule has 5 rings (SSSR count). The fourth-order valence-electron chi connectivity index (χ4n) is 3.81. The van der Waals surface area contributed by atoms with Crippen molar-refractivity contribution < 1.29 is 14.2 Å². The minimum absolute atomic E-state index is 0.254. The second-order valence-corrected chi connectivity index (χ2v) is 7.86. The van der Waals surface area contributed by atoms with Gasteiger partial charge in [-0.15, -0.1) is 11.3 Å². The van der Waals surface area contributed by atoms with Gasteiger partial charge in [-0.25, -0.2) is 4.98 Å². The minimum atomic E-state index is 0.254.